The third-order valence-corrected chi connectivity index (χ3v) is 4.61. The maximum absolute atomic E-state index is 4.33. The van der Waals surface area contributed by atoms with Crippen LogP contribution in [0.3, 0.4) is 0 Å². The average molecular weight is 303 g/mol. The van der Waals surface area contributed by atoms with Gasteiger partial charge >= 0.3 is 0 Å². The largest absolute Gasteiger partial charge is 0.312 e. The number of aryl methyl sites for hydroxylation is 1. The standard InChI is InChI=1S/C15H21N5S/c1-2-6-14-18-19-15(20(14)9-3-1)21-10-8-17-12-13-5-4-7-16-11-13/h4-5,7,11,17H,1-3,6,8-10,12H2. The van der Waals surface area contributed by atoms with Gasteiger partial charge in [0.05, 0.1) is 0 Å². The Morgan fingerprint density at radius 3 is 3.14 bits per heavy atom. The van der Waals surface area contributed by atoms with Crippen LogP contribution in [0.5, 0.6) is 0 Å². The van der Waals surface area contributed by atoms with E-state index < -0.39 is 0 Å². The number of hydrogen-bond donors (Lipinski definition) is 1. The Bertz CT molecular complexity index is 554. The molecule has 0 radical (unpaired) electrons. The number of nitrogens with zero attached hydrogens (tertiary/aromatic N) is 4. The molecule has 0 atom stereocenters. The van der Waals surface area contributed by atoms with E-state index in [4.69, 9.17) is 0 Å². The predicted octanol–water partition coefficient (Wildman–Crippen LogP) is 2.28. The lowest BCUT2D eigenvalue weighted by molar-refractivity contribution is 0.590. The molecule has 0 fully saturated rings. The van der Waals surface area contributed by atoms with Crippen molar-refractivity contribution in [2.24, 2.45) is 0 Å². The minimum atomic E-state index is 0.867. The highest BCUT2D eigenvalue weighted by Gasteiger charge is 2.14. The van der Waals surface area contributed by atoms with E-state index in [0.717, 1.165) is 37.0 Å². The zero-order valence-corrected chi connectivity index (χ0v) is 13.0. The number of aromatic nitrogens is 4. The number of fused-ring (bicyclic) bond motifs is 1. The monoisotopic (exact) mass is 303 g/mol. The highest BCUT2D eigenvalue weighted by atomic mass is 32.2. The lowest BCUT2D eigenvalue weighted by Crippen LogP contribution is -2.17. The smallest absolute Gasteiger partial charge is 0.191 e. The lowest BCUT2D eigenvalue weighted by Gasteiger charge is -2.07. The van der Waals surface area contributed by atoms with Crippen molar-refractivity contribution in [3.63, 3.8) is 0 Å². The van der Waals surface area contributed by atoms with Gasteiger partial charge in [-0.2, -0.15) is 0 Å². The summed E-state index contributed by atoms with van der Waals surface area (Å²) in [6.07, 6.45) is 8.58. The summed E-state index contributed by atoms with van der Waals surface area (Å²) in [5, 5.41) is 13.2. The topological polar surface area (TPSA) is 55.6 Å². The van der Waals surface area contributed by atoms with E-state index in [9.17, 15) is 0 Å². The molecular weight excluding hydrogens is 282 g/mol. The molecule has 0 aromatic carbocycles. The SMILES string of the molecule is c1cncc(CNCCSc2nnc3n2CCCCC3)c1. The number of nitrogens with one attached hydrogen (secondary N) is 1. The summed E-state index contributed by atoms with van der Waals surface area (Å²) >= 11 is 1.80. The molecule has 3 heterocycles. The van der Waals surface area contributed by atoms with Gasteiger partial charge in [0.2, 0.25) is 0 Å². The van der Waals surface area contributed by atoms with E-state index >= 15 is 0 Å². The minimum Gasteiger partial charge on any atom is -0.312 e. The molecular formula is C15H21N5S. The molecule has 1 N–H and O–H groups in total. The third-order valence-electron chi connectivity index (χ3n) is 3.64. The number of pyridine rings is 1. The first-order chi connectivity index (χ1) is 10.4. The first kappa shape index (κ1) is 14.5. The second kappa shape index (κ2) is 7.56. The van der Waals surface area contributed by atoms with Gasteiger partial charge in [0.15, 0.2) is 5.16 Å². The van der Waals surface area contributed by atoms with Gasteiger partial charge in [-0.1, -0.05) is 24.2 Å². The molecule has 1 aliphatic rings. The van der Waals surface area contributed by atoms with Crippen molar-refractivity contribution in [2.75, 3.05) is 12.3 Å². The van der Waals surface area contributed by atoms with Crippen LogP contribution in [0.2, 0.25) is 0 Å². The van der Waals surface area contributed by atoms with Gasteiger partial charge in [-0.3, -0.25) is 4.98 Å². The molecule has 0 bridgehead atoms. The molecule has 0 amide bonds. The Morgan fingerprint density at radius 1 is 1.24 bits per heavy atom. The van der Waals surface area contributed by atoms with Crippen LogP contribution >= 0.6 is 11.8 Å². The first-order valence-electron chi connectivity index (χ1n) is 7.58. The number of thioether (sulfide) groups is 1. The van der Waals surface area contributed by atoms with Gasteiger partial charge in [0.25, 0.3) is 0 Å². The molecule has 2 aromatic heterocycles. The Morgan fingerprint density at radius 2 is 2.24 bits per heavy atom. The fraction of sp³-hybridized carbons (Fsp3) is 0.533. The Kier molecular flexibility index (Phi) is 5.23. The fourth-order valence-corrected chi connectivity index (χ4v) is 3.40. The van der Waals surface area contributed by atoms with Gasteiger partial charge in [-0.05, 0) is 24.5 Å². The van der Waals surface area contributed by atoms with Crippen molar-refractivity contribution >= 4 is 11.8 Å². The van der Waals surface area contributed by atoms with Crippen LogP contribution in [0.15, 0.2) is 29.7 Å². The third kappa shape index (κ3) is 4.04. The van der Waals surface area contributed by atoms with Gasteiger partial charge < -0.3 is 9.88 Å². The predicted molar refractivity (Wildman–Crippen MR) is 84.2 cm³/mol. The zero-order valence-electron chi connectivity index (χ0n) is 12.2. The van der Waals surface area contributed by atoms with Crippen LogP contribution in [0.25, 0.3) is 0 Å². The first-order valence-corrected chi connectivity index (χ1v) is 8.56. The Labute approximate surface area is 129 Å². The van der Waals surface area contributed by atoms with Crippen LogP contribution < -0.4 is 5.32 Å². The average Bonchev–Trinajstić information content (AvgIpc) is 2.76. The molecule has 0 aliphatic carbocycles. The van der Waals surface area contributed by atoms with Crippen LogP contribution in [0.1, 0.15) is 30.7 Å². The maximum atomic E-state index is 4.33. The van der Waals surface area contributed by atoms with Crippen molar-refractivity contribution in [1.82, 2.24) is 25.1 Å². The summed E-state index contributed by atoms with van der Waals surface area (Å²) in [7, 11) is 0. The van der Waals surface area contributed by atoms with Gasteiger partial charge in [0.1, 0.15) is 5.82 Å². The highest BCUT2D eigenvalue weighted by Crippen LogP contribution is 2.21. The van der Waals surface area contributed by atoms with Crippen LogP contribution in [-0.2, 0) is 19.5 Å². The van der Waals surface area contributed by atoms with E-state index in [2.05, 4.69) is 31.1 Å². The van der Waals surface area contributed by atoms with E-state index in [1.54, 1.807) is 18.0 Å². The quantitative estimate of drug-likeness (QED) is 0.655. The lowest BCUT2D eigenvalue weighted by atomic mass is 10.2. The Hall–Kier alpha value is -1.40. The summed E-state index contributed by atoms with van der Waals surface area (Å²) in [4.78, 5) is 4.11. The fourth-order valence-electron chi connectivity index (χ4n) is 2.52. The molecule has 0 unspecified atom stereocenters. The van der Waals surface area contributed by atoms with Crippen LogP contribution in [0.4, 0.5) is 0 Å². The molecule has 0 saturated heterocycles. The van der Waals surface area contributed by atoms with Crippen molar-refractivity contribution in [2.45, 2.75) is 43.9 Å². The number of hydrogen-bond acceptors (Lipinski definition) is 5. The molecule has 6 heteroatoms. The van der Waals surface area contributed by atoms with E-state index in [-0.39, 0.29) is 0 Å². The van der Waals surface area contributed by atoms with Crippen molar-refractivity contribution < 1.29 is 0 Å². The Balaban J connectivity index is 1.42. The van der Waals surface area contributed by atoms with Gasteiger partial charge in [-0.15, -0.1) is 10.2 Å². The molecule has 0 saturated carbocycles. The second-order valence-electron chi connectivity index (χ2n) is 5.25. The maximum Gasteiger partial charge on any atom is 0.191 e. The van der Waals surface area contributed by atoms with Crippen LogP contribution in [-0.4, -0.2) is 32.0 Å². The normalized spacial score (nSPS) is 14.7. The molecule has 112 valence electrons. The molecule has 2 aromatic rings. The second-order valence-corrected chi connectivity index (χ2v) is 6.31. The van der Waals surface area contributed by atoms with Crippen molar-refractivity contribution in [1.29, 1.82) is 0 Å². The summed E-state index contributed by atoms with van der Waals surface area (Å²) in [6.45, 7) is 2.90. The zero-order chi connectivity index (χ0) is 14.3. The van der Waals surface area contributed by atoms with Crippen LogP contribution in [0, 0.1) is 0 Å². The molecule has 5 nitrogen and oxygen atoms in total. The van der Waals surface area contributed by atoms with Crippen molar-refractivity contribution in [3.8, 4) is 0 Å². The van der Waals surface area contributed by atoms with Gasteiger partial charge in [0, 0.05) is 44.2 Å². The summed E-state index contributed by atoms with van der Waals surface area (Å²) in [6, 6.07) is 4.06. The molecule has 3 rings (SSSR count). The van der Waals surface area contributed by atoms with Gasteiger partial charge in [-0.25, -0.2) is 0 Å². The highest BCUT2D eigenvalue weighted by molar-refractivity contribution is 7.99. The van der Waals surface area contributed by atoms with Crippen molar-refractivity contribution in [3.05, 3.63) is 35.9 Å². The van der Waals surface area contributed by atoms with E-state index in [1.165, 1.54) is 30.7 Å². The van der Waals surface area contributed by atoms with E-state index in [0.29, 0.717) is 0 Å². The summed E-state index contributed by atoms with van der Waals surface area (Å²) < 4.78 is 2.30. The number of rotatable bonds is 6. The summed E-state index contributed by atoms with van der Waals surface area (Å²) in [5.74, 6) is 2.18. The summed E-state index contributed by atoms with van der Waals surface area (Å²) in [5.41, 5.74) is 1.22. The minimum absolute atomic E-state index is 0.867. The molecule has 21 heavy (non-hydrogen) atoms. The molecule has 1 aliphatic heterocycles. The van der Waals surface area contributed by atoms with E-state index in [1.807, 2.05) is 12.3 Å². The molecule has 0 spiro atoms.